The molecule has 0 bridgehead atoms. The lowest BCUT2D eigenvalue weighted by Crippen LogP contribution is -2.53. The highest BCUT2D eigenvalue weighted by Crippen LogP contribution is 2.26. The predicted octanol–water partition coefficient (Wildman–Crippen LogP) is 2.72. The zero-order valence-electron chi connectivity index (χ0n) is 17.1. The number of amides is 1. The molecule has 2 rings (SSSR count). The van der Waals surface area contributed by atoms with E-state index in [1.165, 1.54) is 5.56 Å². The maximum atomic E-state index is 11.5. The summed E-state index contributed by atoms with van der Waals surface area (Å²) in [6.07, 6.45) is 0. The Kier molecular flexibility index (Phi) is 9.35. The average molecular weight is 488 g/mol. The standard InChI is InChI=1S/C20H32N4O2.HI/c1-6-21-19(24-12-10-23(11-13-24)16(2)25)22-15-20(3,4)17-8-7-9-18(14-17)26-5;/h7-9,14H,6,10-13,15H2,1-5H3,(H,21,22);1H. The van der Waals surface area contributed by atoms with Crippen molar-refractivity contribution in [3.63, 3.8) is 0 Å². The lowest BCUT2D eigenvalue weighted by molar-refractivity contribution is -0.130. The molecule has 152 valence electrons. The van der Waals surface area contributed by atoms with Gasteiger partial charge in [0.05, 0.1) is 13.7 Å². The first-order valence-electron chi connectivity index (χ1n) is 9.30. The van der Waals surface area contributed by atoms with Crippen molar-refractivity contribution in [2.75, 3.05) is 46.4 Å². The summed E-state index contributed by atoms with van der Waals surface area (Å²) in [5.41, 5.74) is 1.11. The summed E-state index contributed by atoms with van der Waals surface area (Å²) in [6.45, 7) is 12.7. The van der Waals surface area contributed by atoms with E-state index in [2.05, 4.69) is 43.1 Å². The molecule has 7 heteroatoms. The van der Waals surface area contributed by atoms with Crippen molar-refractivity contribution in [1.29, 1.82) is 0 Å². The van der Waals surface area contributed by atoms with Crippen molar-refractivity contribution in [3.05, 3.63) is 29.8 Å². The topological polar surface area (TPSA) is 57.2 Å². The van der Waals surface area contributed by atoms with Gasteiger partial charge < -0.3 is 19.9 Å². The Hall–Kier alpha value is -1.51. The van der Waals surface area contributed by atoms with E-state index in [4.69, 9.17) is 9.73 Å². The molecule has 0 spiro atoms. The molecule has 1 saturated heterocycles. The number of benzene rings is 1. The molecule has 1 N–H and O–H groups in total. The van der Waals surface area contributed by atoms with Crippen LogP contribution >= 0.6 is 24.0 Å². The van der Waals surface area contributed by atoms with Crippen molar-refractivity contribution in [3.8, 4) is 5.75 Å². The SMILES string of the molecule is CCNC(=NCC(C)(C)c1cccc(OC)c1)N1CCN(C(C)=O)CC1.I. The Labute approximate surface area is 180 Å². The van der Waals surface area contributed by atoms with Crippen LogP contribution in [0.3, 0.4) is 0 Å². The molecule has 0 aromatic heterocycles. The maximum Gasteiger partial charge on any atom is 0.219 e. The first-order valence-corrected chi connectivity index (χ1v) is 9.30. The first kappa shape index (κ1) is 23.5. The second-order valence-electron chi connectivity index (χ2n) is 7.28. The zero-order valence-corrected chi connectivity index (χ0v) is 19.4. The molecule has 0 unspecified atom stereocenters. The molecule has 1 aliphatic heterocycles. The number of methoxy groups -OCH3 is 1. The van der Waals surface area contributed by atoms with E-state index in [9.17, 15) is 4.79 Å². The predicted molar refractivity (Wildman–Crippen MR) is 121 cm³/mol. The lowest BCUT2D eigenvalue weighted by Gasteiger charge is -2.36. The smallest absolute Gasteiger partial charge is 0.219 e. The molecular weight excluding hydrogens is 455 g/mol. The van der Waals surface area contributed by atoms with Crippen LogP contribution in [0.1, 0.15) is 33.3 Å². The largest absolute Gasteiger partial charge is 0.497 e. The van der Waals surface area contributed by atoms with Gasteiger partial charge in [0.15, 0.2) is 5.96 Å². The van der Waals surface area contributed by atoms with Crippen molar-refractivity contribution in [1.82, 2.24) is 15.1 Å². The number of nitrogens with zero attached hydrogens (tertiary/aromatic N) is 3. The Balaban J connectivity index is 0.00000364. The highest BCUT2D eigenvalue weighted by Gasteiger charge is 2.24. The highest BCUT2D eigenvalue weighted by atomic mass is 127. The Morgan fingerprint density at radius 2 is 1.85 bits per heavy atom. The third kappa shape index (κ3) is 6.55. The van der Waals surface area contributed by atoms with Gasteiger partial charge in [-0.3, -0.25) is 9.79 Å². The molecule has 1 heterocycles. The number of hydrogen-bond donors (Lipinski definition) is 1. The molecule has 1 aliphatic rings. The van der Waals surface area contributed by atoms with Crippen LogP contribution in [0.25, 0.3) is 0 Å². The average Bonchev–Trinajstić information content (AvgIpc) is 2.65. The van der Waals surface area contributed by atoms with Crippen LogP contribution < -0.4 is 10.1 Å². The van der Waals surface area contributed by atoms with Crippen LogP contribution in [-0.4, -0.2) is 68.0 Å². The number of hydrogen-bond acceptors (Lipinski definition) is 3. The van der Waals surface area contributed by atoms with Crippen LogP contribution in [0, 0.1) is 0 Å². The number of rotatable bonds is 5. The van der Waals surface area contributed by atoms with Crippen LogP contribution in [-0.2, 0) is 10.2 Å². The summed E-state index contributed by atoms with van der Waals surface area (Å²) in [5.74, 6) is 1.93. The molecule has 1 fully saturated rings. The summed E-state index contributed by atoms with van der Waals surface area (Å²) in [5, 5.41) is 3.39. The van der Waals surface area contributed by atoms with E-state index in [1.807, 2.05) is 17.0 Å². The van der Waals surface area contributed by atoms with Gasteiger partial charge in [0.1, 0.15) is 5.75 Å². The van der Waals surface area contributed by atoms with E-state index >= 15 is 0 Å². The highest BCUT2D eigenvalue weighted by molar-refractivity contribution is 14.0. The minimum absolute atomic E-state index is 0. The van der Waals surface area contributed by atoms with Gasteiger partial charge in [0.2, 0.25) is 5.91 Å². The molecule has 0 atom stereocenters. The van der Waals surface area contributed by atoms with Gasteiger partial charge in [-0.05, 0) is 24.6 Å². The number of carbonyl (C=O) groups excluding carboxylic acids is 1. The quantitative estimate of drug-likeness (QED) is 0.394. The van der Waals surface area contributed by atoms with Gasteiger partial charge in [0, 0.05) is 45.1 Å². The van der Waals surface area contributed by atoms with Gasteiger partial charge in [-0.15, -0.1) is 24.0 Å². The summed E-state index contributed by atoms with van der Waals surface area (Å²) < 4.78 is 5.35. The van der Waals surface area contributed by atoms with Crippen molar-refractivity contribution >= 4 is 35.8 Å². The second kappa shape index (κ2) is 10.7. The lowest BCUT2D eigenvalue weighted by atomic mass is 9.84. The van der Waals surface area contributed by atoms with Crippen LogP contribution in [0.4, 0.5) is 0 Å². The van der Waals surface area contributed by atoms with Crippen molar-refractivity contribution < 1.29 is 9.53 Å². The Morgan fingerprint density at radius 3 is 2.41 bits per heavy atom. The molecule has 0 aliphatic carbocycles. The van der Waals surface area contributed by atoms with Crippen LogP contribution in [0.15, 0.2) is 29.3 Å². The third-order valence-electron chi connectivity index (χ3n) is 4.83. The van der Waals surface area contributed by atoms with E-state index in [0.29, 0.717) is 6.54 Å². The molecule has 1 aromatic carbocycles. The van der Waals surface area contributed by atoms with Crippen LogP contribution in [0.2, 0.25) is 0 Å². The van der Waals surface area contributed by atoms with Gasteiger partial charge in [-0.1, -0.05) is 26.0 Å². The number of aliphatic imine (C=N–C) groups is 1. The first-order chi connectivity index (χ1) is 12.4. The summed E-state index contributed by atoms with van der Waals surface area (Å²) in [4.78, 5) is 20.5. The fraction of sp³-hybridized carbons (Fsp3) is 0.600. The fourth-order valence-corrected chi connectivity index (χ4v) is 3.07. The molecular formula is C20H33IN4O2. The van der Waals surface area contributed by atoms with Crippen molar-refractivity contribution in [2.24, 2.45) is 4.99 Å². The summed E-state index contributed by atoms with van der Waals surface area (Å²) in [6, 6.07) is 8.18. The molecule has 1 aromatic rings. The zero-order chi connectivity index (χ0) is 19.2. The number of carbonyl (C=O) groups is 1. The second-order valence-corrected chi connectivity index (χ2v) is 7.28. The Bertz CT molecular complexity index is 641. The normalized spacial score (nSPS) is 15.2. The Morgan fingerprint density at radius 1 is 1.22 bits per heavy atom. The number of piperazine rings is 1. The molecule has 6 nitrogen and oxygen atoms in total. The third-order valence-corrected chi connectivity index (χ3v) is 4.83. The molecule has 0 saturated carbocycles. The van der Waals surface area contributed by atoms with Gasteiger partial charge in [0.25, 0.3) is 0 Å². The van der Waals surface area contributed by atoms with E-state index < -0.39 is 0 Å². The number of ether oxygens (including phenoxy) is 1. The molecule has 1 amide bonds. The monoisotopic (exact) mass is 488 g/mol. The minimum atomic E-state index is -0.101. The molecule has 27 heavy (non-hydrogen) atoms. The van der Waals surface area contributed by atoms with Crippen molar-refractivity contribution in [2.45, 2.75) is 33.1 Å². The molecule has 0 radical (unpaired) electrons. The van der Waals surface area contributed by atoms with Gasteiger partial charge >= 0.3 is 0 Å². The van der Waals surface area contributed by atoms with E-state index in [-0.39, 0.29) is 35.3 Å². The number of halogens is 1. The fourth-order valence-electron chi connectivity index (χ4n) is 3.07. The summed E-state index contributed by atoms with van der Waals surface area (Å²) >= 11 is 0. The van der Waals surface area contributed by atoms with E-state index in [1.54, 1.807) is 14.0 Å². The van der Waals surface area contributed by atoms with Crippen LogP contribution in [0.5, 0.6) is 5.75 Å². The number of nitrogens with one attached hydrogen (secondary N) is 1. The minimum Gasteiger partial charge on any atom is -0.497 e. The number of guanidine groups is 1. The van der Waals surface area contributed by atoms with E-state index in [0.717, 1.165) is 44.4 Å². The van der Waals surface area contributed by atoms with Gasteiger partial charge in [-0.25, -0.2) is 0 Å². The van der Waals surface area contributed by atoms with Gasteiger partial charge in [-0.2, -0.15) is 0 Å². The maximum absolute atomic E-state index is 11.5. The summed E-state index contributed by atoms with van der Waals surface area (Å²) in [7, 11) is 1.69.